The van der Waals surface area contributed by atoms with Crippen LogP contribution in [0.2, 0.25) is 0 Å². The van der Waals surface area contributed by atoms with Crippen molar-refractivity contribution in [3.05, 3.63) is 64.6 Å². The summed E-state index contributed by atoms with van der Waals surface area (Å²) in [7, 11) is 1.67. The van der Waals surface area contributed by atoms with E-state index in [4.69, 9.17) is 9.47 Å². The van der Waals surface area contributed by atoms with Crippen molar-refractivity contribution in [2.24, 2.45) is 0 Å². The second-order valence-electron chi connectivity index (χ2n) is 6.01. The first-order valence-electron chi connectivity index (χ1n) is 8.19. The molecule has 0 aliphatic rings. The summed E-state index contributed by atoms with van der Waals surface area (Å²) in [5, 5.41) is 4.66. The SMILES string of the molecule is COc1ccc(-c2c(Br)c(OCc3ccccc3)nn2C(C)C)cc1. The maximum atomic E-state index is 5.96. The van der Waals surface area contributed by atoms with Crippen LogP contribution in [-0.4, -0.2) is 16.9 Å². The predicted molar refractivity (Wildman–Crippen MR) is 103 cm³/mol. The van der Waals surface area contributed by atoms with Crippen molar-refractivity contribution in [3.8, 4) is 22.9 Å². The summed E-state index contributed by atoms with van der Waals surface area (Å²) in [5.74, 6) is 1.43. The molecule has 4 nitrogen and oxygen atoms in total. The second kappa shape index (κ2) is 7.74. The minimum Gasteiger partial charge on any atom is -0.497 e. The zero-order valence-corrected chi connectivity index (χ0v) is 16.2. The van der Waals surface area contributed by atoms with Crippen LogP contribution in [0.3, 0.4) is 0 Å². The highest BCUT2D eigenvalue weighted by Crippen LogP contribution is 2.38. The van der Waals surface area contributed by atoms with Gasteiger partial charge in [-0.25, -0.2) is 0 Å². The van der Waals surface area contributed by atoms with Gasteiger partial charge in [0.2, 0.25) is 5.88 Å². The Labute approximate surface area is 156 Å². The Kier molecular flexibility index (Phi) is 5.43. The zero-order chi connectivity index (χ0) is 17.8. The normalized spacial score (nSPS) is 10.9. The van der Waals surface area contributed by atoms with Crippen LogP contribution in [0, 0.1) is 0 Å². The van der Waals surface area contributed by atoms with Crippen molar-refractivity contribution in [1.82, 2.24) is 9.78 Å². The highest BCUT2D eigenvalue weighted by molar-refractivity contribution is 9.10. The van der Waals surface area contributed by atoms with Gasteiger partial charge in [-0.3, -0.25) is 4.68 Å². The first-order chi connectivity index (χ1) is 12.1. The molecule has 0 fully saturated rings. The first-order valence-corrected chi connectivity index (χ1v) is 8.98. The van der Waals surface area contributed by atoms with Crippen molar-refractivity contribution in [2.75, 3.05) is 7.11 Å². The van der Waals surface area contributed by atoms with Crippen LogP contribution in [0.25, 0.3) is 11.3 Å². The number of hydrogen-bond donors (Lipinski definition) is 0. The molecule has 0 bridgehead atoms. The van der Waals surface area contributed by atoms with Crippen LogP contribution in [0.15, 0.2) is 59.1 Å². The van der Waals surface area contributed by atoms with Gasteiger partial charge in [0.1, 0.15) is 16.8 Å². The van der Waals surface area contributed by atoms with Gasteiger partial charge in [-0.15, -0.1) is 5.10 Å². The van der Waals surface area contributed by atoms with Crippen LogP contribution in [-0.2, 0) is 6.61 Å². The molecule has 25 heavy (non-hydrogen) atoms. The van der Waals surface area contributed by atoms with E-state index in [2.05, 4.69) is 34.9 Å². The van der Waals surface area contributed by atoms with Gasteiger partial charge < -0.3 is 9.47 Å². The lowest BCUT2D eigenvalue weighted by molar-refractivity contribution is 0.286. The van der Waals surface area contributed by atoms with E-state index in [1.165, 1.54) is 0 Å². The lowest BCUT2D eigenvalue weighted by atomic mass is 10.1. The number of ether oxygens (including phenoxy) is 2. The van der Waals surface area contributed by atoms with Crippen LogP contribution in [0.5, 0.6) is 11.6 Å². The van der Waals surface area contributed by atoms with Crippen molar-refractivity contribution in [3.63, 3.8) is 0 Å². The summed E-state index contributed by atoms with van der Waals surface area (Å²) < 4.78 is 14.0. The van der Waals surface area contributed by atoms with E-state index < -0.39 is 0 Å². The van der Waals surface area contributed by atoms with Gasteiger partial charge in [0.25, 0.3) is 0 Å². The molecule has 0 N–H and O–H groups in total. The molecule has 0 radical (unpaired) electrons. The Morgan fingerprint density at radius 3 is 2.32 bits per heavy atom. The molecule has 3 rings (SSSR count). The molecule has 0 saturated carbocycles. The van der Waals surface area contributed by atoms with E-state index in [0.29, 0.717) is 12.5 Å². The van der Waals surface area contributed by atoms with Gasteiger partial charge >= 0.3 is 0 Å². The maximum absolute atomic E-state index is 5.96. The van der Waals surface area contributed by atoms with E-state index in [1.54, 1.807) is 7.11 Å². The average Bonchev–Trinajstić information content (AvgIpc) is 2.98. The fraction of sp³-hybridized carbons (Fsp3) is 0.250. The summed E-state index contributed by atoms with van der Waals surface area (Å²) in [4.78, 5) is 0. The first kappa shape index (κ1) is 17.5. The van der Waals surface area contributed by atoms with Gasteiger partial charge in [0.05, 0.1) is 12.8 Å². The Hall–Kier alpha value is -2.27. The van der Waals surface area contributed by atoms with Gasteiger partial charge in [-0.05, 0) is 59.6 Å². The molecule has 2 aromatic carbocycles. The second-order valence-corrected chi connectivity index (χ2v) is 6.80. The summed E-state index contributed by atoms with van der Waals surface area (Å²) in [6.07, 6.45) is 0. The molecule has 0 spiro atoms. The molecule has 0 aliphatic heterocycles. The Bertz CT molecular complexity index is 827. The Morgan fingerprint density at radius 2 is 1.72 bits per heavy atom. The summed E-state index contributed by atoms with van der Waals surface area (Å²) in [5.41, 5.74) is 3.17. The molecule has 0 unspecified atom stereocenters. The van der Waals surface area contributed by atoms with Crippen LogP contribution < -0.4 is 9.47 Å². The smallest absolute Gasteiger partial charge is 0.248 e. The van der Waals surface area contributed by atoms with E-state index in [-0.39, 0.29) is 6.04 Å². The monoisotopic (exact) mass is 400 g/mol. The average molecular weight is 401 g/mol. The fourth-order valence-electron chi connectivity index (χ4n) is 2.59. The number of rotatable bonds is 6. The third-order valence-corrected chi connectivity index (χ3v) is 4.61. The Morgan fingerprint density at radius 1 is 1.04 bits per heavy atom. The molecule has 130 valence electrons. The number of nitrogens with zero attached hydrogens (tertiary/aromatic N) is 2. The Balaban J connectivity index is 1.92. The van der Waals surface area contributed by atoms with Gasteiger partial charge in [-0.2, -0.15) is 0 Å². The standard InChI is InChI=1S/C20H21BrN2O2/c1-14(2)23-19(16-9-11-17(24-3)12-10-16)18(21)20(22-23)25-13-15-7-5-4-6-8-15/h4-12,14H,13H2,1-3H3. The highest BCUT2D eigenvalue weighted by Gasteiger charge is 2.20. The van der Waals surface area contributed by atoms with Crippen LogP contribution in [0.4, 0.5) is 0 Å². The van der Waals surface area contributed by atoms with Gasteiger partial charge in [0, 0.05) is 11.6 Å². The lowest BCUT2D eigenvalue weighted by Gasteiger charge is -2.11. The molecule has 0 atom stereocenters. The summed E-state index contributed by atoms with van der Waals surface area (Å²) in [6, 6.07) is 18.2. The number of halogens is 1. The van der Waals surface area contributed by atoms with Crippen LogP contribution >= 0.6 is 15.9 Å². The van der Waals surface area contributed by atoms with E-state index in [9.17, 15) is 0 Å². The fourth-order valence-corrected chi connectivity index (χ4v) is 3.20. The predicted octanol–water partition coefficient (Wildman–Crippen LogP) is 5.48. The minimum atomic E-state index is 0.211. The van der Waals surface area contributed by atoms with E-state index >= 15 is 0 Å². The van der Waals surface area contributed by atoms with Crippen molar-refractivity contribution < 1.29 is 9.47 Å². The number of methoxy groups -OCH3 is 1. The largest absolute Gasteiger partial charge is 0.497 e. The molecule has 0 saturated heterocycles. The van der Waals surface area contributed by atoms with Crippen LogP contribution in [0.1, 0.15) is 25.5 Å². The number of benzene rings is 2. The lowest BCUT2D eigenvalue weighted by Crippen LogP contribution is -2.05. The molecular weight excluding hydrogens is 380 g/mol. The van der Waals surface area contributed by atoms with Crippen molar-refractivity contribution in [2.45, 2.75) is 26.5 Å². The highest BCUT2D eigenvalue weighted by atomic mass is 79.9. The number of hydrogen-bond acceptors (Lipinski definition) is 3. The summed E-state index contributed by atoms with van der Waals surface area (Å²) >= 11 is 3.68. The maximum Gasteiger partial charge on any atom is 0.248 e. The third-order valence-electron chi connectivity index (χ3n) is 3.89. The molecule has 3 aromatic rings. The van der Waals surface area contributed by atoms with Crippen molar-refractivity contribution in [1.29, 1.82) is 0 Å². The minimum absolute atomic E-state index is 0.211. The molecule has 5 heteroatoms. The van der Waals surface area contributed by atoms with Crippen molar-refractivity contribution >= 4 is 15.9 Å². The quantitative estimate of drug-likeness (QED) is 0.549. The zero-order valence-electron chi connectivity index (χ0n) is 14.6. The molecule has 0 aliphatic carbocycles. The van der Waals surface area contributed by atoms with Gasteiger partial charge in [0.15, 0.2) is 0 Å². The summed E-state index contributed by atoms with van der Waals surface area (Å²) in [6.45, 7) is 4.69. The van der Waals surface area contributed by atoms with E-state index in [0.717, 1.165) is 27.0 Å². The van der Waals surface area contributed by atoms with Gasteiger partial charge in [-0.1, -0.05) is 30.3 Å². The van der Waals surface area contributed by atoms with E-state index in [1.807, 2.05) is 59.3 Å². The third kappa shape index (κ3) is 3.87. The number of aromatic nitrogens is 2. The molecular formula is C20H21BrN2O2. The molecule has 1 aromatic heterocycles. The molecule has 0 amide bonds. The molecule has 1 heterocycles. The topological polar surface area (TPSA) is 36.3 Å².